The molecule has 1 nitrogen and oxygen atoms in total. The second kappa shape index (κ2) is 23.1. The second-order valence-corrected chi connectivity index (χ2v) is 0. The molecular formula is H2OSiTiZr. The summed E-state index contributed by atoms with van der Waals surface area (Å²) in [6.45, 7) is 0. The Hall–Kier alpha value is 1.61. The average molecular weight is 185 g/mol. The van der Waals surface area contributed by atoms with Crippen LogP contribution in [0, 0.1) is 0 Å². The van der Waals surface area contributed by atoms with Crippen LogP contribution in [0.2, 0.25) is 0 Å². The second-order valence-electron chi connectivity index (χ2n) is 0. The van der Waals surface area contributed by atoms with Gasteiger partial charge in [-0.3, -0.25) is 0 Å². The van der Waals surface area contributed by atoms with Gasteiger partial charge in [-0.15, -0.1) is 0 Å². The molecule has 4 heteroatoms. The molecule has 0 aromatic carbocycles. The Bertz CT molecular complexity index is 8.00. The molecule has 0 unspecified atom stereocenters. The quantitative estimate of drug-likeness (QED) is 0.441. The standard InChI is InChI=1S/H2OSi.Ti.Zr/c1-2;;/h2H2;;. The molecule has 0 atom stereocenters. The van der Waals surface area contributed by atoms with Crippen molar-refractivity contribution in [2.75, 3.05) is 0 Å². The summed E-state index contributed by atoms with van der Waals surface area (Å²) in [5, 5.41) is 0. The number of hydrogen-bond donors (Lipinski definition) is 0. The summed E-state index contributed by atoms with van der Waals surface area (Å²) in [4.78, 5) is 0. The van der Waals surface area contributed by atoms with Crippen LogP contribution in [0.15, 0.2) is 0 Å². The summed E-state index contributed by atoms with van der Waals surface area (Å²) >= 11 is 0. The monoisotopic (exact) mass is 184 g/mol. The zero-order valence-corrected chi connectivity index (χ0v) is 7.55. The van der Waals surface area contributed by atoms with Crippen LogP contribution in [-0.2, 0) is 52.4 Å². The molecule has 0 bridgehead atoms. The minimum absolute atomic E-state index is 0. The summed E-state index contributed by atoms with van der Waals surface area (Å²) in [7, 11) is 0.611. The van der Waals surface area contributed by atoms with E-state index in [2.05, 4.69) is 0 Å². The topological polar surface area (TPSA) is 17.1 Å². The SMILES string of the molecule is O=[SiH2].[Ti].[Zr]. The van der Waals surface area contributed by atoms with Crippen molar-refractivity contribution in [3.63, 3.8) is 0 Å². The molecule has 0 fully saturated rings. The van der Waals surface area contributed by atoms with Gasteiger partial charge in [-0.1, -0.05) is 0 Å². The first kappa shape index (κ1) is 17.5. The first-order chi connectivity index (χ1) is 1.00. The molecule has 0 aromatic rings. The van der Waals surface area contributed by atoms with Crippen molar-refractivity contribution in [1.82, 2.24) is 0 Å². The molecule has 4 heavy (non-hydrogen) atoms. The molecular weight excluding hydrogens is 183 g/mol. The van der Waals surface area contributed by atoms with Gasteiger partial charge >= 0.3 is 0 Å². The predicted molar refractivity (Wildman–Crippen MR) is 9.23 cm³/mol. The van der Waals surface area contributed by atoms with Gasteiger partial charge in [0, 0.05) is 47.9 Å². The van der Waals surface area contributed by atoms with E-state index in [1.165, 1.54) is 0 Å². The zero-order chi connectivity index (χ0) is 2.00. The van der Waals surface area contributed by atoms with E-state index < -0.39 is 0 Å². The van der Waals surface area contributed by atoms with Crippen molar-refractivity contribution >= 4 is 10.1 Å². The van der Waals surface area contributed by atoms with E-state index in [4.69, 9.17) is 4.46 Å². The normalized spacial score (nSPS) is 1.00. The van der Waals surface area contributed by atoms with Gasteiger partial charge in [-0.2, -0.15) is 0 Å². The van der Waals surface area contributed by atoms with E-state index in [0.29, 0.717) is 10.1 Å². The maximum atomic E-state index is 8.28. The fraction of sp³-hybridized carbons (Fsp3) is 0. The molecule has 0 radical (unpaired) electrons. The van der Waals surface area contributed by atoms with Gasteiger partial charge in [0.05, 0.1) is 0 Å². The van der Waals surface area contributed by atoms with Crippen molar-refractivity contribution in [3.8, 4) is 0 Å². The van der Waals surface area contributed by atoms with Gasteiger partial charge in [0.25, 0.3) is 0 Å². The van der Waals surface area contributed by atoms with Gasteiger partial charge in [-0.05, 0) is 0 Å². The van der Waals surface area contributed by atoms with Crippen LogP contribution in [0.5, 0.6) is 0 Å². The number of hydrogen-bond acceptors (Lipinski definition) is 1. The van der Waals surface area contributed by atoms with Gasteiger partial charge in [-0.25, -0.2) is 0 Å². The van der Waals surface area contributed by atoms with Crippen molar-refractivity contribution in [2.45, 2.75) is 0 Å². The average Bonchev–Trinajstić information content (AvgIpc) is 1.00. The Morgan fingerprint density at radius 2 is 1.25 bits per heavy atom. The molecule has 0 amide bonds. The maximum absolute atomic E-state index is 8.28. The third kappa shape index (κ3) is 9.48. The molecule has 0 rings (SSSR count). The zero-order valence-electron chi connectivity index (χ0n) is 2.12. The molecule has 20 valence electrons. The molecule has 0 aliphatic heterocycles. The summed E-state index contributed by atoms with van der Waals surface area (Å²) in [6, 6.07) is 0. The molecule has 0 aromatic heterocycles. The Morgan fingerprint density at radius 1 is 1.25 bits per heavy atom. The third-order valence-electron chi connectivity index (χ3n) is 0. The van der Waals surface area contributed by atoms with Crippen molar-refractivity contribution in [1.29, 1.82) is 0 Å². The molecule has 0 heterocycles. The fourth-order valence-electron chi connectivity index (χ4n) is 0. The molecule has 0 N–H and O–H groups in total. The van der Waals surface area contributed by atoms with Crippen molar-refractivity contribution in [2.24, 2.45) is 0 Å². The summed E-state index contributed by atoms with van der Waals surface area (Å²) < 4.78 is 8.28. The van der Waals surface area contributed by atoms with Gasteiger partial charge < -0.3 is 4.46 Å². The predicted octanol–water partition coefficient (Wildman–Crippen LogP) is -1.04. The maximum Gasteiger partial charge on any atom is 0.245 e. The Morgan fingerprint density at radius 3 is 1.25 bits per heavy atom. The van der Waals surface area contributed by atoms with E-state index in [1.54, 1.807) is 0 Å². The summed E-state index contributed by atoms with van der Waals surface area (Å²) in [5.74, 6) is 0. The molecule has 0 saturated heterocycles. The van der Waals surface area contributed by atoms with Gasteiger partial charge in [0.1, 0.15) is 0 Å². The van der Waals surface area contributed by atoms with Gasteiger partial charge in [0.15, 0.2) is 0 Å². The number of rotatable bonds is 0. The van der Waals surface area contributed by atoms with E-state index in [-0.39, 0.29) is 47.9 Å². The largest absolute Gasteiger partial charge is 0.396 e. The molecule has 0 saturated carbocycles. The first-order valence-corrected chi connectivity index (χ1v) is 0.866. The van der Waals surface area contributed by atoms with E-state index in [0.717, 1.165) is 0 Å². The van der Waals surface area contributed by atoms with E-state index in [1.807, 2.05) is 0 Å². The minimum atomic E-state index is 0. The Labute approximate surface area is 62.0 Å². The smallest absolute Gasteiger partial charge is 0.245 e. The Balaban J connectivity index is -0.00000000500. The summed E-state index contributed by atoms with van der Waals surface area (Å²) in [6.07, 6.45) is 0. The van der Waals surface area contributed by atoms with Crippen LogP contribution in [0.4, 0.5) is 0 Å². The molecule has 0 aliphatic carbocycles. The van der Waals surface area contributed by atoms with Crippen molar-refractivity contribution < 1.29 is 52.4 Å². The van der Waals surface area contributed by atoms with Gasteiger partial charge in [0.2, 0.25) is 10.1 Å². The van der Waals surface area contributed by atoms with Crippen LogP contribution in [0.3, 0.4) is 0 Å². The van der Waals surface area contributed by atoms with Crippen molar-refractivity contribution in [3.05, 3.63) is 0 Å². The Kier molecular flexibility index (Phi) is 101. The molecule has 0 spiro atoms. The van der Waals surface area contributed by atoms with Crippen LogP contribution in [-0.4, -0.2) is 10.1 Å². The van der Waals surface area contributed by atoms with Crippen LogP contribution in [0.25, 0.3) is 0 Å². The van der Waals surface area contributed by atoms with E-state index in [9.17, 15) is 0 Å². The van der Waals surface area contributed by atoms with Crippen LogP contribution < -0.4 is 0 Å². The summed E-state index contributed by atoms with van der Waals surface area (Å²) in [5.41, 5.74) is 0. The third-order valence-corrected chi connectivity index (χ3v) is 0. The molecule has 0 aliphatic rings. The van der Waals surface area contributed by atoms with Crippen LogP contribution >= 0.6 is 0 Å². The first-order valence-electron chi connectivity index (χ1n) is 0.289. The fourth-order valence-corrected chi connectivity index (χ4v) is 0. The minimum Gasteiger partial charge on any atom is -0.396 e. The van der Waals surface area contributed by atoms with Crippen LogP contribution in [0.1, 0.15) is 0 Å². The van der Waals surface area contributed by atoms with E-state index >= 15 is 0 Å².